The van der Waals surface area contributed by atoms with Crippen LogP contribution in [0.15, 0.2) is 0 Å². The monoisotopic (exact) mass is 289 g/mol. The van der Waals surface area contributed by atoms with E-state index in [1.807, 2.05) is 48.5 Å². The summed E-state index contributed by atoms with van der Waals surface area (Å²) < 4.78 is 18.0. The number of ether oxygens (including phenoxy) is 3. The molecule has 1 aliphatic rings. The Morgan fingerprint density at radius 2 is 1.80 bits per heavy atom. The molecule has 1 saturated heterocycles. The van der Waals surface area contributed by atoms with Gasteiger partial charge in [0.1, 0.15) is 18.3 Å². The first-order valence-corrected chi connectivity index (χ1v) is 7.35. The summed E-state index contributed by atoms with van der Waals surface area (Å²) in [6.07, 6.45) is -1.11. The Morgan fingerprint density at radius 3 is 2.20 bits per heavy atom. The van der Waals surface area contributed by atoms with Gasteiger partial charge in [-0.1, -0.05) is 0 Å². The Kier molecular flexibility index (Phi) is 5.60. The third kappa shape index (κ3) is 4.40. The van der Waals surface area contributed by atoms with E-state index in [1.54, 1.807) is 0 Å². The number of hydrogen-bond donors (Lipinski definition) is 2. The van der Waals surface area contributed by atoms with Crippen LogP contribution in [0.3, 0.4) is 0 Å². The van der Waals surface area contributed by atoms with Crippen LogP contribution in [0.4, 0.5) is 0 Å². The number of hydrogen-bond acceptors (Lipinski definition) is 5. The molecule has 4 unspecified atom stereocenters. The second-order valence-corrected chi connectivity index (χ2v) is 7.31. The molecule has 0 aromatic rings. The van der Waals surface area contributed by atoms with Crippen LogP contribution >= 0.6 is 0 Å². The molecule has 1 rings (SSSR count). The number of nitrogens with two attached hydrogens (primary N) is 1. The molecule has 5 nitrogen and oxygen atoms in total. The average molecular weight is 289 g/mol. The molecule has 1 heterocycles. The highest BCUT2D eigenvalue weighted by atomic mass is 16.6. The van der Waals surface area contributed by atoms with Crippen molar-refractivity contribution in [1.29, 1.82) is 0 Å². The van der Waals surface area contributed by atoms with Gasteiger partial charge in [0.15, 0.2) is 0 Å². The van der Waals surface area contributed by atoms with Gasteiger partial charge in [0.05, 0.1) is 30.0 Å². The van der Waals surface area contributed by atoms with E-state index in [9.17, 15) is 5.11 Å². The van der Waals surface area contributed by atoms with Crippen LogP contribution in [0.1, 0.15) is 48.5 Å². The Balaban J connectivity index is 3.04. The molecule has 1 fully saturated rings. The maximum Gasteiger partial charge on any atom is 0.114 e. The van der Waals surface area contributed by atoms with E-state index in [2.05, 4.69) is 0 Å². The van der Waals surface area contributed by atoms with E-state index in [0.717, 1.165) is 0 Å². The first kappa shape index (κ1) is 17.9. The summed E-state index contributed by atoms with van der Waals surface area (Å²) in [5, 5.41) is 9.61. The second-order valence-electron chi connectivity index (χ2n) is 7.31. The lowest BCUT2D eigenvalue weighted by molar-refractivity contribution is -0.266. The van der Waals surface area contributed by atoms with Crippen LogP contribution in [0.2, 0.25) is 0 Å². The molecular formula is C15H31NO4. The van der Waals surface area contributed by atoms with Gasteiger partial charge in [-0.05, 0) is 48.5 Å². The van der Waals surface area contributed by atoms with Crippen molar-refractivity contribution in [2.75, 3.05) is 6.61 Å². The highest BCUT2D eigenvalue weighted by molar-refractivity contribution is 5.02. The highest BCUT2D eigenvalue weighted by Crippen LogP contribution is 2.34. The van der Waals surface area contributed by atoms with Crippen LogP contribution in [0, 0.1) is 0 Å². The highest BCUT2D eigenvalue weighted by Gasteiger charge is 2.50. The molecule has 0 saturated carbocycles. The molecule has 5 heteroatoms. The van der Waals surface area contributed by atoms with Crippen molar-refractivity contribution in [3.05, 3.63) is 0 Å². The molecule has 3 N–H and O–H groups in total. The molecule has 4 atom stereocenters. The van der Waals surface area contributed by atoms with Gasteiger partial charge >= 0.3 is 0 Å². The van der Waals surface area contributed by atoms with Gasteiger partial charge in [-0.3, -0.25) is 0 Å². The van der Waals surface area contributed by atoms with Crippen LogP contribution < -0.4 is 5.73 Å². The molecule has 120 valence electrons. The average Bonchev–Trinajstić information content (AvgIpc) is 2.26. The van der Waals surface area contributed by atoms with Crippen molar-refractivity contribution in [3.63, 3.8) is 0 Å². The topological polar surface area (TPSA) is 73.9 Å². The predicted molar refractivity (Wildman–Crippen MR) is 78.6 cm³/mol. The predicted octanol–water partition coefficient (Wildman–Crippen LogP) is 1.46. The third-order valence-electron chi connectivity index (χ3n) is 3.40. The minimum Gasteiger partial charge on any atom is -0.394 e. The smallest absolute Gasteiger partial charge is 0.114 e. The molecule has 0 bridgehead atoms. The normalized spacial score (nSPS) is 34.5. The van der Waals surface area contributed by atoms with E-state index in [4.69, 9.17) is 19.9 Å². The molecule has 0 aliphatic carbocycles. The largest absolute Gasteiger partial charge is 0.394 e. The van der Waals surface area contributed by atoms with Gasteiger partial charge in [-0.25, -0.2) is 0 Å². The van der Waals surface area contributed by atoms with Gasteiger partial charge in [-0.2, -0.15) is 0 Å². The zero-order valence-corrected chi connectivity index (χ0v) is 13.8. The summed E-state index contributed by atoms with van der Waals surface area (Å²) in [5.41, 5.74) is 5.43. The molecule has 20 heavy (non-hydrogen) atoms. The van der Waals surface area contributed by atoms with Gasteiger partial charge in [-0.15, -0.1) is 0 Å². The zero-order valence-electron chi connectivity index (χ0n) is 13.8. The number of aliphatic hydroxyl groups is 1. The van der Waals surface area contributed by atoms with Crippen molar-refractivity contribution in [3.8, 4) is 0 Å². The fraction of sp³-hybridized carbons (Fsp3) is 1.00. The van der Waals surface area contributed by atoms with Gasteiger partial charge in [0, 0.05) is 0 Å². The van der Waals surface area contributed by atoms with Gasteiger partial charge < -0.3 is 25.1 Å². The molecule has 0 aromatic carbocycles. The maximum atomic E-state index is 9.61. The van der Waals surface area contributed by atoms with Gasteiger partial charge in [0.2, 0.25) is 0 Å². The lowest BCUT2D eigenvalue weighted by Gasteiger charge is -2.50. The maximum absolute atomic E-state index is 9.61. The molecule has 0 amide bonds. The van der Waals surface area contributed by atoms with E-state index >= 15 is 0 Å². The first-order chi connectivity index (χ1) is 8.98. The molecule has 0 radical (unpaired) electrons. The fourth-order valence-corrected chi connectivity index (χ4v) is 2.52. The Hall–Kier alpha value is -0.200. The summed E-state index contributed by atoms with van der Waals surface area (Å²) in [5.74, 6) is 0. The van der Waals surface area contributed by atoms with Crippen molar-refractivity contribution >= 4 is 0 Å². The minimum atomic E-state index is -0.569. The standard InChI is InChI=1S/C15H31NO4/c1-9(2)18-11-10(8-17)19-15(6,7)13(16)12(11)20-14(3,4)5/h9-13,17H,8,16H2,1-7H3. The summed E-state index contributed by atoms with van der Waals surface area (Å²) in [6.45, 7) is 13.6. The van der Waals surface area contributed by atoms with E-state index in [1.165, 1.54) is 0 Å². The first-order valence-electron chi connectivity index (χ1n) is 7.35. The minimum absolute atomic E-state index is 0.0112. The number of rotatable bonds is 4. The second kappa shape index (κ2) is 6.28. The van der Waals surface area contributed by atoms with Crippen LogP contribution in [-0.4, -0.2) is 53.4 Å². The quantitative estimate of drug-likeness (QED) is 0.819. The Bertz CT molecular complexity index is 311. The van der Waals surface area contributed by atoms with Gasteiger partial charge in [0.25, 0.3) is 0 Å². The van der Waals surface area contributed by atoms with Crippen LogP contribution in [0.5, 0.6) is 0 Å². The molecule has 0 aromatic heterocycles. The third-order valence-corrected chi connectivity index (χ3v) is 3.40. The van der Waals surface area contributed by atoms with Crippen molar-refractivity contribution in [2.24, 2.45) is 5.73 Å². The molecule has 1 aliphatic heterocycles. The fourth-order valence-electron chi connectivity index (χ4n) is 2.52. The van der Waals surface area contributed by atoms with Crippen LogP contribution in [0.25, 0.3) is 0 Å². The Morgan fingerprint density at radius 1 is 1.25 bits per heavy atom. The Labute approximate surface area is 122 Å². The lowest BCUT2D eigenvalue weighted by Crippen LogP contribution is -2.68. The molecular weight excluding hydrogens is 258 g/mol. The van der Waals surface area contributed by atoms with Crippen molar-refractivity contribution < 1.29 is 19.3 Å². The van der Waals surface area contributed by atoms with E-state index < -0.39 is 11.7 Å². The van der Waals surface area contributed by atoms with Crippen molar-refractivity contribution in [1.82, 2.24) is 0 Å². The van der Waals surface area contributed by atoms with Crippen molar-refractivity contribution in [2.45, 2.75) is 90.1 Å². The summed E-state index contributed by atoms with van der Waals surface area (Å²) >= 11 is 0. The number of aliphatic hydroxyl groups excluding tert-OH is 1. The summed E-state index contributed by atoms with van der Waals surface area (Å²) in [6, 6.07) is -0.326. The SMILES string of the molecule is CC(C)OC1C(CO)OC(C)(C)C(N)C1OC(C)(C)C. The van der Waals surface area contributed by atoms with E-state index in [0.29, 0.717) is 0 Å². The zero-order chi connectivity index (χ0) is 15.7. The van der Waals surface area contributed by atoms with Crippen LogP contribution in [-0.2, 0) is 14.2 Å². The summed E-state index contributed by atoms with van der Waals surface area (Å²) in [7, 11) is 0. The lowest BCUT2D eigenvalue weighted by atomic mass is 9.85. The summed E-state index contributed by atoms with van der Waals surface area (Å²) in [4.78, 5) is 0. The molecule has 0 spiro atoms. The van der Waals surface area contributed by atoms with E-state index in [-0.39, 0.29) is 36.6 Å².